The fourth-order valence-corrected chi connectivity index (χ4v) is 2.83. The molecule has 1 heterocycles. The highest BCUT2D eigenvalue weighted by Crippen LogP contribution is 2.12. The maximum Gasteiger partial charge on any atom is 0.159 e. The number of hydrogen-bond acceptors (Lipinski definition) is 4. The second-order valence-electron chi connectivity index (χ2n) is 3.43. The molecule has 4 nitrogen and oxygen atoms in total. The molecule has 1 aromatic rings. The third kappa shape index (κ3) is 3.68. The van der Waals surface area contributed by atoms with Gasteiger partial charge in [-0.1, -0.05) is 16.8 Å². The van der Waals surface area contributed by atoms with Gasteiger partial charge in [-0.2, -0.15) is 0 Å². The number of halogens is 1. The lowest BCUT2D eigenvalue weighted by Crippen LogP contribution is -2.11. The van der Waals surface area contributed by atoms with E-state index in [0.717, 1.165) is 5.56 Å². The Labute approximate surface area is 93.8 Å². The summed E-state index contributed by atoms with van der Waals surface area (Å²) in [4.78, 5) is 0. The molecule has 84 valence electrons. The van der Waals surface area contributed by atoms with Crippen LogP contribution >= 0.6 is 11.6 Å². The molecule has 0 amide bonds. The zero-order valence-corrected chi connectivity index (χ0v) is 10.1. The van der Waals surface area contributed by atoms with Crippen LogP contribution in [-0.2, 0) is 15.6 Å². The van der Waals surface area contributed by atoms with Gasteiger partial charge in [0.1, 0.15) is 12.0 Å². The van der Waals surface area contributed by atoms with Gasteiger partial charge < -0.3 is 4.52 Å². The van der Waals surface area contributed by atoms with E-state index in [4.69, 9.17) is 11.6 Å². The van der Waals surface area contributed by atoms with E-state index in [2.05, 4.69) is 9.68 Å². The quantitative estimate of drug-likeness (QED) is 0.819. The number of sulfone groups is 1. The molecule has 0 radical (unpaired) electrons. The summed E-state index contributed by atoms with van der Waals surface area (Å²) in [5.41, 5.74) is 3.08. The second kappa shape index (κ2) is 4.81. The molecule has 0 unspecified atom stereocenters. The first-order valence-electron chi connectivity index (χ1n) is 4.31. The largest absolute Gasteiger partial charge is 0.364 e. The van der Waals surface area contributed by atoms with Crippen LogP contribution in [0.5, 0.6) is 0 Å². The molecule has 6 heteroatoms. The third-order valence-electron chi connectivity index (χ3n) is 1.84. The Kier molecular flexibility index (Phi) is 3.93. The van der Waals surface area contributed by atoms with Crippen molar-refractivity contribution in [2.75, 3.05) is 5.75 Å². The number of rotatable bonds is 4. The molecule has 0 saturated heterocycles. The van der Waals surface area contributed by atoms with Gasteiger partial charge in [0.05, 0.1) is 11.5 Å². The summed E-state index contributed by atoms with van der Waals surface area (Å²) in [6.07, 6.45) is 1.43. The minimum Gasteiger partial charge on any atom is -0.364 e. The van der Waals surface area contributed by atoms with Crippen molar-refractivity contribution in [3.05, 3.63) is 28.6 Å². The minimum absolute atomic E-state index is 0.0528. The Morgan fingerprint density at radius 3 is 2.80 bits per heavy atom. The Hall–Kier alpha value is -0.810. The van der Waals surface area contributed by atoms with E-state index < -0.39 is 9.84 Å². The van der Waals surface area contributed by atoms with E-state index in [1.807, 2.05) is 0 Å². The molecule has 0 aliphatic rings. The number of hydrogen-bond donors (Lipinski definition) is 0. The summed E-state index contributed by atoms with van der Waals surface area (Å²) in [7, 11) is -3.21. The molecular weight excluding hydrogens is 238 g/mol. The standard InChI is InChI=1S/C9H12ClNO3S/c1-7(3-10)5-15(12,13)6-9-8(2)4-14-11-9/h3-4H,5-6H2,1-2H3/b7-3+. The van der Waals surface area contributed by atoms with Crippen molar-refractivity contribution in [1.29, 1.82) is 0 Å². The minimum atomic E-state index is -3.21. The van der Waals surface area contributed by atoms with Gasteiger partial charge in [-0.3, -0.25) is 0 Å². The summed E-state index contributed by atoms with van der Waals surface area (Å²) < 4.78 is 27.9. The lowest BCUT2D eigenvalue weighted by Gasteiger charge is -2.01. The molecule has 15 heavy (non-hydrogen) atoms. The molecule has 0 spiro atoms. The van der Waals surface area contributed by atoms with E-state index in [9.17, 15) is 8.42 Å². The molecule has 0 fully saturated rings. The number of aromatic nitrogens is 1. The summed E-state index contributed by atoms with van der Waals surface area (Å²) in [5.74, 6) is -0.166. The molecule has 0 aliphatic heterocycles. The monoisotopic (exact) mass is 249 g/mol. The number of aryl methyl sites for hydroxylation is 1. The average Bonchev–Trinajstić information content (AvgIpc) is 2.50. The van der Waals surface area contributed by atoms with E-state index >= 15 is 0 Å². The van der Waals surface area contributed by atoms with Crippen molar-refractivity contribution in [1.82, 2.24) is 5.16 Å². The molecular formula is C9H12ClNO3S. The summed E-state index contributed by atoms with van der Waals surface area (Å²) in [6, 6.07) is 0. The lowest BCUT2D eigenvalue weighted by atomic mass is 10.3. The highest BCUT2D eigenvalue weighted by Gasteiger charge is 2.16. The molecule has 1 aromatic heterocycles. The van der Waals surface area contributed by atoms with Crippen LogP contribution in [0.1, 0.15) is 18.2 Å². The van der Waals surface area contributed by atoms with Gasteiger partial charge in [-0.05, 0) is 19.4 Å². The zero-order valence-electron chi connectivity index (χ0n) is 8.53. The Morgan fingerprint density at radius 2 is 2.33 bits per heavy atom. The van der Waals surface area contributed by atoms with Crippen LogP contribution in [0.2, 0.25) is 0 Å². The van der Waals surface area contributed by atoms with Crippen LogP contribution in [0.25, 0.3) is 0 Å². The molecule has 0 aliphatic carbocycles. The normalized spacial score (nSPS) is 13.1. The Morgan fingerprint density at radius 1 is 1.67 bits per heavy atom. The summed E-state index contributed by atoms with van der Waals surface area (Å²) in [5, 5.41) is 3.63. The first kappa shape index (κ1) is 12.3. The number of nitrogens with zero attached hydrogens (tertiary/aromatic N) is 1. The van der Waals surface area contributed by atoms with Crippen molar-refractivity contribution in [3.8, 4) is 0 Å². The molecule has 0 bridgehead atoms. The van der Waals surface area contributed by atoms with Gasteiger partial charge in [-0.15, -0.1) is 0 Å². The van der Waals surface area contributed by atoms with Gasteiger partial charge in [0.15, 0.2) is 9.84 Å². The van der Waals surface area contributed by atoms with Gasteiger partial charge in [-0.25, -0.2) is 8.42 Å². The van der Waals surface area contributed by atoms with Crippen LogP contribution in [0.15, 0.2) is 21.9 Å². The van der Waals surface area contributed by atoms with Gasteiger partial charge in [0, 0.05) is 11.1 Å². The zero-order chi connectivity index (χ0) is 11.5. The smallest absolute Gasteiger partial charge is 0.159 e. The van der Waals surface area contributed by atoms with E-state index in [1.54, 1.807) is 13.8 Å². The predicted octanol–water partition coefficient (Wildman–Crippen LogP) is 2.04. The van der Waals surface area contributed by atoms with Gasteiger partial charge in [0.25, 0.3) is 0 Å². The molecule has 0 saturated carbocycles. The van der Waals surface area contributed by atoms with Crippen LogP contribution in [0.3, 0.4) is 0 Å². The van der Waals surface area contributed by atoms with E-state index in [-0.39, 0.29) is 11.5 Å². The highest BCUT2D eigenvalue weighted by atomic mass is 35.5. The predicted molar refractivity (Wildman–Crippen MR) is 58.3 cm³/mol. The molecule has 0 aromatic carbocycles. The van der Waals surface area contributed by atoms with Gasteiger partial charge >= 0.3 is 0 Å². The van der Waals surface area contributed by atoms with Crippen LogP contribution in [0, 0.1) is 6.92 Å². The van der Waals surface area contributed by atoms with Crippen LogP contribution in [-0.4, -0.2) is 19.3 Å². The SMILES string of the molecule is C/C(=C\Cl)CS(=O)(=O)Cc1nocc1C. The average molecular weight is 250 g/mol. The first-order valence-corrected chi connectivity index (χ1v) is 6.56. The fourth-order valence-electron chi connectivity index (χ4n) is 1.09. The molecule has 0 N–H and O–H groups in total. The highest BCUT2D eigenvalue weighted by molar-refractivity contribution is 7.90. The second-order valence-corrected chi connectivity index (χ2v) is 5.71. The first-order chi connectivity index (χ1) is 6.94. The third-order valence-corrected chi connectivity index (χ3v) is 3.82. The van der Waals surface area contributed by atoms with E-state index in [1.165, 1.54) is 11.8 Å². The Balaban J connectivity index is 2.78. The topological polar surface area (TPSA) is 60.2 Å². The lowest BCUT2D eigenvalue weighted by molar-refractivity contribution is 0.413. The summed E-state index contributed by atoms with van der Waals surface area (Å²) in [6.45, 7) is 3.42. The van der Waals surface area contributed by atoms with Crippen molar-refractivity contribution in [2.45, 2.75) is 19.6 Å². The van der Waals surface area contributed by atoms with Crippen molar-refractivity contribution < 1.29 is 12.9 Å². The van der Waals surface area contributed by atoms with Gasteiger partial charge in [0.2, 0.25) is 0 Å². The van der Waals surface area contributed by atoms with Crippen LogP contribution < -0.4 is 0 Å². The summed E-state index contributed by atoms with van der Waals surface area (Å²) >= 11 is 5.41. The van der Waals surface area contributed by atoms with Crippen molar-refractivity contribution in [2.24, 2.45) is 0 Å². The maximum absolute atomic E-state index is 11.6. The molecule has 1 rings (SSSR count). The van der Waals surface area contributed by atoms with Crippen molar-refractivity contribution in [3.63, 3.8) is 0 Å². The van der Waals surface area contributed by atoms with Crippen LogP contribution in [0.4, 0.5) is 0 Å². The fraction of sp³-hybridized carbons (Fsp3) is 0.444. The Bertz CT molecular complexity index is 461. The molecule has 0 atom stereocenters. The maximum atomic E-state index is 11.6. The van der Waals surface area contributed by atoms with Crippen molar-refractivity contribution >= 4 is 21.4 Å². The van der Waals surface area contributed by atoms with E-state index in [0.29, 0.717) is 11.3 Å².